The normalized spacial score (nSPS) is 20.1. The van der Waals surface area contributed by atoms with E-state index in [4.69, 9.17) is 0 Å². The van der Waals surface area contributed by atoms with Crippen molar-refractivity contribution < 1.29 is 18.0 Å². The first-order chi connectivity index (χ1) is 10.3. The molecule has 3 heterocycles. The SMILES string of the molecule is Cc1cc(C(=O)NCC(F)(F)F)nc2c1N1CCC(C1)N2C. The first kappa shape index (κ1) is 14.9. The number of pyridine rings is 1. The van der Waals surface area contributed by atoms with Crippen molar-refractivity contribution >= 4 is 17.4 Å². The number of nitrogens with one attached hydrogen (secondary N) is 1. The minimum atomic E-state index is -4.43. The van der Waals surface area contributed by atoms with E-state index in [1.54, 1.807) is 6.07 Å². The van der Waals surface area contributed by atoms with Gasteiger partial charge in [0.1, 0.15) is 12.2 Å². The zero-order valence-electron chi connectivity index (χ0n) is 12.4. The van der Waals surface area contributed by atoms with Gasteiger partial charge in [-0.1, -0.05) is 0 Å². The van der Waals surface area contributed by atoms with Crippen LogP contribution < -0.4 is 15.1 Å². The highest BCUT2D eigenvalue weighted by molar-refractivity contribution is 5.94. The largest absolute Gasteiger partial charge is 0.405 e. The summed E-state index contributed by atoms with van der Waals surface area (Å²) in [6.45, 7) is 2.36. The smallest absolute Gasteiger partial charge is 0.366 e. The molecule has 1 atom stereocenters. The maximum absolute atomic E-state index is 12.2. The fraction of sp³-hybridized carbons (Fsp3) is 0.571. The number of carbonyl (C=O) groups is 1. The third-order valence-corrected chi connectivity index (χ3v) is 4.21. The number of anilines is 2. The van der Waals surface area contributed by atoms with Gasteiger partial charge in [0.05, 0.1) is 5.69 Å². The van der Waals surface area contributed by atoms with Crippen molar-refractivity contribution in [3.05, 3.63) is 17.3 Å². The lowest BCUT2D eigenvalue weighted by Crippen LogP contribution is -2.41. The molecule has 2 aliphatic rings. The van der Waals surface area contributed by atoms with Crippen LogP contribution in [0, 0.1) is 6.92 Å². The van der Waals surface area contributed by atoms with Crippen molar-refractivity contribution in [1.82, 2.24) is 10.3 Å². The summed E-state index contributed by atoms with van der Waals surface area (Å²) in [5.74, 6) is -0.129. The van der Waals surface area contributed by atoms with E-state index >= 15 is 0 Å². The summed E-state index contributed by atoms with van der Waals surface area (Å²) in [5, 5.41) is 1.87. The van der Waals surface area contributed by atoms with Crippen molar-refractivity contribution in [2.75, 3.05) is 36.5 Å². The third kappa shape index (κ3) is 2.57. The minimum Gasteiger partial charge on any atom is -0.366 e. The van der Waals surface area contributed by atoms with Crippen LogP contribution in [0.5, 0.6) is 0 Å². The maximum Gasteiger partial charge on any atom is 0.405 e. The Kier molecular flexibility index (Phi) is 3.41. The molecule has 1 amide bonds. The molecule has 1 aromatic rings. The summed E-state index contributed by atoms with van der Waals surface area (Å²) in [4.78, 5) is 20.5. The number of aromatic nitrogens is 1. The first-order valence-corrected chi connectivity index (χ1v) is 7.10. The number of carbonyl (C=O) groups excluding carboxylic acids is 1. The van der Waals surface area contributed by atoms with Gasteiger partial charge in [-0.05, 0) is 25.0 Å². The van der Waals surface area contributed by atoms with E-state index in [0.29, 0.717) is 11.9 Å². The number of amides is 1. The molecular formula is C14H17F3N4O. The number of aryl methyl sites for hydroxylation is 1. The van der Waals surface area contributed by atoms with Crippen molar-refractivity contribution in [3.8, 4) is 0 Å². The number of nitrogens with zero attached hydrogens (tertiary/aromatic N) is 3. The number of halogens is 3. The Morgan fingerprint density at radius 1 is 1.50 bits per heavy atom. The summed E-state index contributed by atoms with van der Waals surface area (Å²) < 4.78 is 36.6. The lowest BCUT2D eigenvalue weighted by atomic mass is 10.1. The van der Waals surface area contributed by atoms with E-state index in [1.165, 1.54) is 0 Å². The van der Waals surface area contributed by atoms with Gasteiger partial charge in [0.25, 0.3) is 5.91 Å². The van der Waals surface area contributed by atoms with Crippen LogP contribution in [0.1, 0.15) is 22.5 Å². The lowest BCUT2D eigenvalue weighted by molar-refractivity contribution is -0.123. The van der Waals surface area contributed by atoms with Crippen LogP contribution in [-0.2, 0) is 0 Å². The monoisotopic (exact) mass is 314 g/mol. The number of hydrogen-bond donors (Lipinski definition) is 1. The topological polar surface area (TPSA) is 48.5 Å². The molecule has 0 aliphatic carbocycles. The molecule has 1 unspecified atom stereocenters. The molecule has 2 aliphatic heterocycles. The summed E-state index contributed by atoms with van der Waals surface area (Å²) >= 11 is 0. The molecule has 0 aromatic carbocycles. The first-order valence-electron chi connectivity index (χ1n) is 7.10. The van der Waals surface area contributed by atoms with Crippen LogP contribution in [0.4, 0.5) is 24.7 Å². The second kappa shape index (κ2) is 5.03. The highest BCUT2D eigenvalue weighted by Crippen LogP contribution is 2.40. The molecule has 5 nitrogen and oxygen atoms in total. The molecule has 1 N–H and O–H groups in total. The number of hydrogen-bond acceptors (Lipinski definition) is 4. The molecule has 1 aromatic heterocycles. The average Bonchev–Trinajstić information content (AvgIpc) is 2.86. The zero-order chi connectivity index (χ0) is 16.1. The van der Waals surface area contributed by atoms with Crippen LogP contribution in [0.25, 0.3) is 0 Å². The average molecular weight is 314 g/mol. The van der Waals surface area contributed by atoms with Crippen molar-refractivity contribution in [1.29, 1.82) is 0 Å². The second-order valence-electron chi connectivity index (χ2n) is 5.79. The van der Waals surface area contributed by atoms with Gasteiger partial charge in [0.15, 0.2) is 5.82 Å². The quantitative estimate of drug-likeness (QED) is 0.903. The lowest BCUT2D eigenvalue weighted by Gasteiger charge is -2.35. The van der Waals surface area contributed by atoms with Gasteiger partial charge in [-0.2, -0.15) is 13.2 Å². The van der Waals surface area contributed by atoms with E-state index in [-0.39, 0.29) is 5.69 Å². The van der Waals surface area contributed by atoms with Gasteiger partial charge in [0.2, 0.25) is 0 Å². The Hall–Kier alpha value is -1.99. The predicted octanol–water partition coefficient (Wildman–Crippen LogP) is 1.71. The fourth-order valence-electron chi connectivity index (χ4n) is 3.11. The van der Waals surface area contributed by atoms with Crippen LogP contribution in [-0.4, -0.2) is 49.8 Å². The third-order valence-electron chi connectivity index (χ3n) is 4.21. The molecule has 3 rings (SSSR count). The fourth-order valence-corrected chi connectivity index (χ4v) is 3.11. The summed E-state index contributed by atoms with van der Waals surface area (Å²) in [6.07, 6.45) is -3.41. The Bertz CT molecular complexity index is 617. The highest BCUT2D eigenvalue weighted by Gasteiger charge is 2.36. The highest BCUT2D eigenvalue weighted by atomic mass is 19.4. The summed E-state index contributed by atoms with van der Waals surface area (Å²) in [7, 11) is 1.91. The molecule has 22 heavy (non-hydrogen) atoms. The van der Waals surface area contributed by atoms with Crippen molar-refractivity contribution in [2.45, 2.75) is 25.6 Å². The number of alkyl halides is 3. The van der Waals surface area contributed by atoms with Crippen LogP contribution in [0.15, 0.2) is 6.07 Å². The van der Waals surface area contributed by atoms with E-state index in [0.717, 1.165) is 30.8 Å². The van der Waals surface area contributed by atoms with Crippen LogP contribution in [0.3, 0.4) is 0 Å². The molecule has 1 fully saturated rings. The van der Waals surface area contributed by atoms with Crippen molar-refractivity contribution in [3.63, 3.8) is 0 Å². The molecular weight excluding hydrogens is 297 g/mol. The molecule has 0 spiro atoms. The predicted molar refractivity (Wildman–Crippen MR) is 76.4 cm³/mol. The number of likely N-dealkylation sites (N-methyl/N-ethyl adjacent to an activating group) is 1. The Morgan fingerprint density at radius 3 is 2.91 bits per heavy atom. The molecule has 2 bridgehead atoms. The Morgan fingerprint density at radius 2 is 2.23 bits per heavy atom. The molecule has 1 saturated heterocycles. The van der Waals surface area contributed by atoms with Crippen LogP contribution >= 0.6 is 0 Å². The molecule has 0 radical (unpaired) electrons. The second-order valence-corrected chi connectivity index (χ2v) is 5.79. The molecule has 8 heteroatoms. The van der Waals surface area contributed by atoms with Gasteiger partial charge < -0.3 is 15.1 Å². The van der Waals surface area contributed by atoms with Crippen molar-refractivity contribution in [2.24, 2.45) is 0 Å². The van der Waals surface area contributed by atoms with Gasteiger partial charge in [-0.25, -0.2) is 4.98 Å². The van der Waals surface area contributed by atoms with Gasteiger partial charge in [-0.3, -0.25) is 4.79 Å². The number of rotatable bonds is 2. The minimum absolute atomic E-state index is 0.0230. The molecule has 120 valence electrons. The van der Waals surface area contributed by atoms with Gasteiger partial charge >= 0.3 is 6.18 Å². The summed E-state index contributed by atoms with van der Waals surface area (Å²) in [5.41, 5.74) is 1.85. The summed E-state index contributed by atoms with van der Waals surface area (Å²) in [6, 6.07) is 1.89. The van der Waals surface area contributed by atoms with E-state index in [2.05, 4.69) is 9.88 Å². The number of fused-ring (bicyclic) bond motifs is 4. The Balaban J connectivity index is 1.89. The van der Waals surface area contributed by atoms with Crippen LogP contribution in [0.2, 0.25) is 0 Å². The van der Waals surface area contributed by atoms with E-state index in [9.17, 15) is 18.0 Å². The van der Waals surface area contributed by atoms with Gasteiger partial charge in [0, 0.05) is 26.2 Å². The Labute approximate surface area is 126 Å². The standard InChI is InChI=1S/C14H17F3N4O/c1-8-5-10(13(22)18-7-14(15,16)17)19-12-11(8)21-4-3-9(6-21)20(12)2/h5,9H,3-4,6-7H2,1-2H3,(H,18,22). The van der Waals surface area contributed by atoms with Gasteiger partial charge in [-0.15, -0.1) is 0 Å². The zero-order valence-corrected chi connectivity index (χ0v) is 12.4. The van der Waals surface area contributed by atoms with E-state index < -0.39 is 18.6 Å². The van der Waals surface area contributed by atoms with E-state index in [1.807, 2.05) is 24.2 Å². The molecule has 0 saturated carbocycles. The maximum atomic E-state index is 12.2.